The van der Waals surface area contributed by atoms with E-state index in [2.05, 4.69) is 31.1 Å². The predicted molar refractivity (Wildman–Crippen MR) is 72.2 cm³/mol. The van der Waals surface area contributed by atoms with Crippen LogP contribution >= 0.6 is 12.4 Å². The van der Waals surface area contributed by atoms with Gasteiger partial charge in [-0.3, -0.25) is 4.79 Å². The average molecular weight is 258 g/mol. The van der Waals surface area contributed by atoms with Crippen molar-refractivity contribution in [3.05, 3.63) is 23.9 Å². The average Bonchev–Trinajstić information content (AvgIpc) is 2.25. The van der Waals surface area contributed by atoms with Crippen molar-refractivity contribution in [2.45, 2.75) is 20.8 Å². The van der Waals surface area contributed by atoms with E-state index in [9.17, 15) is 4.79 Å². The van der Waals surface area contributed by atoms with E-state index in [0.717, 1.165) is 0 Å². The zero-order valence-electron chi connectivity index (χ0n) is 10.4. The van der Waals surface area contributed by atoms with Crippen LogP contribution in [0.25, 0.3) is 0 Å². The summed E-state index contributed by atoms with van der Waals surface area (Å²) in [4.78, 5) is 15.7. The SMILES string of the molecule is CC(C)C(C)CNC(=O)c1cccc(N)n1.Cl. The van der Waals surface area contributed by atoms with Crippen molar-refractivity contribution < 1.29 is 4.79 Å². The zero-order valence-corrected chi connectivity index (χ0v) is 11.3. The Bertz CT molecular complexity index is 369. The Morgan fingerprint density at radius 1 is 1.41 bits per heavy atom. The number of hydrogen-bond acceptors (Lipinski definition) is 3. The summed E-state index contributed by atoms with van der Waals surface area (Å²) in [7, 11) is 0. The first-order valence-corrected chi connectivity index (χ1v) is 5.51. The third-order valence-electron chi connectivity index (χ3n) is 2.73. The van der Waals surface area contributed by atoms with Crippen LogP contribution in [-0.4, -0.2) is 17.4 Å². The molecule has 4 nitrogen and oxygen atoms in total. The molecule has 1 heterocycles. The highest BCUT2D eigenvalue weighted by Crippen LogP contribution is 2.08. The van der Waals surface area contributed by atoms with Gasteiger partial charge in [0.25, 0.3) is 5.91 Å². The van der Waals surface area contributed by atoms with Gasteiger partial charge in [-0.25, -0.2) is 4.98 Å². The number of aromatic nitrogens is 1. The zero-order chi connectivity index (χ0) is 12.1. The molecule has 17 heavy (non-hydrogen) atoms. The normalized spacial score (nSPS) is 11.8. The first-order chi connectivity index (χ1) is 7.50. The summed E-state index contributed by atoms with van der Waals surface area (Å²) in [6.45, 7) is 7.04. The Hall–Kier alpha value is -1.29. The molecule has 1 atom stereocenters. The Labute approximate surface area is 108 Å². The number of nitrogens with one attached hydrogen (secondary N) is 1. The van der Waals surface area contributed by atoms with Crippen molar-refractivity contribution in [1.82, 2.24) is 10.3 Å². The van der Waals surface area contributed by atoms with Gasteiger partial charge in [-0.05, 0) is 24.0 Å². The fourth-order valence-corrected chi connectivity index (χ4v) is 1.16. The van der Waals surface area contributed by atoms with Crippen LogP contribution in [0.3, 0.4) is 0 Å². The molecule has 0 aliphatic rings. The van der Waals surface area contributed by atoms with Crippen LogP contribution in [0, 0.1) is 11.8 Å². The van der Waals surface area contributed by atoms with Crippen molar-refractivity contribution in [1.29, 1.82) is 0 Å². The van der Waals surface area contributed by atoms with Gasteiger partial charge >= 0.3 is 0 Å². The lowest BCUT2D eigenvalue weighted by Gasteiger charge is -2.15. The summed E-state index contributed by atoms with van der Waals surface area (Å²) in [5.41, 5.74) is 5.88. The van der Waals surface area contributed by atoms with Gasteiger partial charge in [-0.1, -0.05) is 26.8 Å². The maximum atomic E-state index is 11.7. The highest BCUT2D eigenvalue weighted by atomic mass is 35.5. The second-order valence-corrected chi connectivity index (χ2v) is 4.38. The van der Waals surface area contributed by atoms with Crippen LogP contribution in [-0.2, 0) is 0 Å². The van der Waals surface area contributed by atoms with Gasteiger partial charge in [0.15, 0.2) is 0 Å². The number of nitrogens with two attached hydrogens (primary N) is 1. The number of amides is 1. The minimum absolute atomic E-state index is 0. The topological polar surface area (TPSA) is 68.0 Å². The summed E-state index contributed by atoms with van der Waals surface area (Å²) < 4.78 is 0. The molecule has 0 aliphatic heterocycles. The standard InChI is InChI=1S/C12H19N3O.ClH/c1-8(2)9(3)7-14-12(16)10-5-4-6-11(13)15-10;/h4-6,8-9H,7H2,1-3H3,(H2,13,15)(H,14,16);1H. The van der Waals surface area contributed by atoms with Gasteiger partial charge in [0, 0.05) is 6.54 Å². The van der Waals surface area contributed by atoms with Crippen LogP contribution in [0.5, 0.6) is 0 Å². The molecule has 1 aromatic rings. The lowest BCUT2D eigenvalue weighted by Crippen LogP contribution is -2.30. The highest BCUT2D eigenvalue weighted by Gasteiger charge is 2.11. The number of nitrogens with zero attached hydrogens (tertiary/aromatic N) is 1. The van der Waals surface area contributed by atoms with Crippen molar-refractivity contribution in [3.63, 3.8) is 0 Å². The largest absolute Gasteiger partial charge is 0.384 e. The van der Waals surface area contributed by atoms with E-state index in [1.807, 2.05) is 0 Å². The van der Waals surface area contributed by atoms with Gasteiger partial charge in [-0.2, -0.15) is 0 Å². The number of halogens is 1. The molecule has 1 unspecified atom stereocenters. The van der Waals surface area contributed by atoms with E-state index >= 15 is 0 Å². The molecular formula is C12H20ClN3O. The maximum Gasteiger partial charge on any atom is 0.269 e. The molecule has 0 radical (unpaired) electrons. The van der Waals surface area contributed by atoms with E-state index < -0.39 is 0 Å². The third kappa shape index (κ3) is 5.04. The van der Waals surface area contributed by atoms with Gasteiger partial charge < -0.3 is 11.1 Å². The van der Waals surface area contributed by atoms with Crippen LogP contribution in [0.1, 0.15) is 31.3 Å². The Balaban J connectivity index is 0.00000256. The molecule has 5 heteroatoms. The molecule has 0 bridgehead atoms. The Morgan fingerprint density at radius 2 is 2.06 bits per heavy atom. The van der Waals surface area contributed by atoms with Crippen molar-refractivity contribution >= 4 is 24.1 Å². The summed E-state index contributed by atoms with van der Waals surface area (Å²) in [6.07, 6.45) is 0. The van der Waals surface area contributed by atoms with Gasteiger partial charge in [0.2, 0.25) is 0 Å². The number of rotatable bonds is 4. The van der Waals surface area contributed by atoms with E-state index in [4.69, 9.17) is 5.73 Å². The molecule has 0 spiro atoms. The molecule has 1 aromatic heterocycles. The first-order valence-electron chi connectivity index (χ1n) is 5.51. The Morgan fingerprint density at radius 3 is 2.59 bits per heavy atom. The second-order valence-electron chi connectivity index (χ2n) is 4.38. The molecule has 0 fully saturated rings. The number of carbonyl (C=O) groups is 1. The fraction of sp³-hybridized carbons (Fsp3) is 0.500. The summed E-state index contributed by atoms with van der Waals surface area (Å²) >= 11 is 0. The third-order valence-corrected chi connectivity index (χ3v) is 2.73. The summed E-state index contributed by atoms with van der Waals surface area (Å²) in [5, 5.41) is 2.85. The molecule has 96 valence electrons. The predicted octanol–water partition coefficient (Wildman–Crippen LogP) is 2.11. The van der Waals surface area contributed by atoms with Crippen molar-refractivity contribution in [2.24, 2.45) is 11.8 Å². The van der Waals surface area contributed by atoms with E-state index in [0.29, 0.717) is 29.9 Å². The molecule has 0 aliphatic carbocycles. The van der Waals surface area contributed by atoms with Gasteiger partial charge in [-0.15, -0.1) is 12.4 Å². The minimum atomic E-state index is -0.167. The molecular weight excluding hydrogens is 238 g/mol. The van der Waals surface area contributed by atoms with Gasteiger partial charge in [0.1, 0.15) is 11.5 Å². The van der Waals surface area contributed by atoms with Crippen LogP contribution in [0.2, 0.25) is 0 Å². The lowest BCUT2D eigenvalue weighted by molar-refractivity contribution is 0.0940. The minimum Gasteiger partial charge on any atom is -0.384 e. The van der Waals surface area contributed by atoms with Gasteiger partial charge in [0.05, 0.1) is 0 Å². The monoisotopic (exact) mass is 257 g/mol. The van der Waals surface area contributed by atoms with Crippen molar-refractivity contribution in [3.8, 4) is 0 Å². The Kier molecular flexibility index (Phi) is 6.58. The van der Waals surface area contributed by atoms with Crippen LogP contribution in [0.15, 0.2) is 18.2 Å². The summed E-state index contributed by atoms with van der Waals surface area (Å²) in [6, 6.07) is 5.04. The molecule has 0 saturated carbocycles. The molecule has 1 rings (SSSR count). The smallest absolute Gasteiger partial charge is 0.269 e. The highest BCUT2D eigenvalue weighted by molar-refractivity contribution is 5.92. The lowest BCUT2D eigenvalue weighted by atomic mass is 9.98. The van der Waals surface area contributed by atoms with E-state index in [1.54, 1.807) is 18.2 Å². The van der Waals surface area contributed by atoms with Crippen LogP contribution in [0.4, 0.5) is 5.82 Å². The fourth-order valence-electron chi connectivity index (χ4n) is 1.16. The molecule has 0 aromatic carbocycles. The van der Waals surface area contributed by atoms with E-state index in [1.165, 1.54) is 0 Å². The molecule has 3 N–H and O–H groups in total. The summed E-state index contributed by atoms with van der Waals surface area (Å²) in [5.74, 6) is 1.20. The number of nitrogen functional groups attached to an aromatic ring is 1. The quantitative estimate of drug-likeness (QED) is 0.868. The molecule has 0 saturated heterocycles. The number of carbonyl (C=O) groups excluding carboxylic acids is 1. The molecule has 1 amide bonds. The number of pyridine rings is 1. The first kappa shape index (κ1) is 15.7. The number of hydrogen-bond donors (Lipinski definition) is 2. The van der Waals surface area contributed by atoms with Crippen LogP contribution < -0.4 is 11.1 Å². The second kappa shape index (κ2) is 7.12. The van der Waals surface area contributed by atoms with Crippen molar-refractivity contribution in [2.75, 3.05) is 12.3 Å². The maximum absolute atomic E-state index is 11.7. The number of anilines is 1. The van der Waals surface area contributed by atoms with E-state index in [-0.39, 0.29) is 18.3 Å².